The third-order valence-electron chi connectivity index (χ3n) is 3.54. The number of rotatable bonds is 4. The summed E-state index contributed by atoms with van der Waals surface area (Å²) in [6.45, 7) is 1.99. The maximum atomic E-state index is 10.9. The highest BCUT2D eigenvalue weighted by atomic mass is 32.2. The molecule has 0 unspecified atom stereocenters. The van der Waals surface area contributed by atoms with Crippen LogP contribution in [0.25, 0.3) is 15.9 Å². The van der Waals surface area contributed by atoms with E-state index in [9.17, 15) is 10.1 Å². The number of hydrogen-bond donors (Lipinski definition) is 1. The Hall–Kier alpha value is -2.50. The van der Waals surface area contributed by atoms with Crippen LogP contribution in [0.2, 0.25) is 0 Å². The zero-order valence-electron chi connectivity index (χ0n) is 13.2. The molecule has 0 radical (unpaired) electrons. The Bertz CT molecular complexity index is 1140. The van der Waals surface area contributed by atoms with Crippen LogP contribution in [0.15, 0.2) is 50.8 Å². The molecule has 0 spiro atoms. The number of hydrogen-bond acceptors (Lipinski definition) is 9. The molecule has 0 amide bonds. The standard InChI is InChI=1S/C15H10N6O2S3/c1-8-2-5-11(12(24)6-8)20-14(17-18-19-20)26-15-16-10-4-3-9(21(22)23)7-13(10)25-15/h2-7,24H,1H3. The molecular weight excluding hydrogens is 392 g/mol. The van der Waals surface area contributed by atoms with Crippen LogP contribution in [0.5, 0.6) is 0 Å². The molecule has 8 nitrogen and oxygen atoms in total. The minimum absolute atomic E-state index is 0.0434. The molecule has 2 aromatic carbocycles. The molecule has 26 heavy (non-hydrogen) atoms. The highest BCUT2D eigenvalue weighted by molar-refractivity contribution is 8.01. The predicted octanol–water partition coefficient (Wildman–Crippen LogP) is 3.93. The molecule has 2 aromatic heterocycles. The fraction of sp³-hybridized carbons (Fsp3) is 0.0667. The molecule has 2 heterocycles. The van der Waals surface area contributed by atoms with Gasteiger partial charge in [-0.25, -0.2) is 4.98 Å². The molecule has 0 saturated carbocycles. The van der Waals surface area contributed by atoms with Gasteiger partial charge in [0.25, 0.3) is 5.69 Å². The van der Waals surface area contributed by atoms with E-state index < -0.39 is 4.92 Å². The fourth-order valence-electron chi connectivity index (χ4n) is 2.33. The number of aryl methyl sites for hydroxylation is 1. The lowest BCUT2D eigenvalue weighted by Crippen LogP contribution is -2.00. The van der Waals surface area contributed by atoms with E-state index in [2.05, 4.69) is 33.1 Å². The Labute approximate surface area is 160 Å². The molecule has 0 fully saturated rings. The van der Waals surface area contributed by atoms with Crippen LogP contribution in [0.1, 0.15) is 5.56 Å². The van der Waals surface area contributed by atoms with Crippen molar-refractivity contribution in [3.05, 3.63) is 52.1 Å². The van der Waals surface area contributed by atoms with Crippen molar-refractivity contribution in [3.63, 3.8) is 0 Å². The zero-order chi connectivity index (χ0) is 18.3. The second-order valence-electron chi connectivity index (χ2n) is 5.36. The van der Waals surface area contributed by atoms with Crippen molar-refractivity contribution in [3.8, 4) is 5.69 Å². The lowest BCUT2D eigenvalue weighted by Gasteiger charge is -2.06. The Morgan fingerprint density at radius 3 is 2.88 bits per heavy atom. The van der Waals surface area contributed by atoms with Crippen molar-refractivity contribution in [2.24, 2.45) is 0 Å². The van der Waals surface area contributed by atoms with Crippen LogP contribution < -0.4 is 0 Å². The van der Waals surface area contributed by atoms with Crippen LogP contribution in [0.4, 0.5) is 5.69 Å². The number of benzene rings is 2. The monoisotopic (exact) mass is 402 g/mol. The van der Waals surface area contributed by atoms with E-state index in [0.717, 1.165) is 20.8 Å². The first-order valence-electron chi connectivity index (χ1n) is 7.32. The van der Waals surface area contributed by atoms with Gasteiger partial charge in [0.05, 0.1) is 20.8 Å². The SMILES string of the molecule is Cc1ccc(-n2nnnc2Sc2nc3ccc([N+](=O)[O-])cc3s2)c(S)c1. The smallest absolute Gasteiger partial charge is 0.258 e. The maximum absolute atomic E-state index is 10.9. The molecule has 0 saturated heterocycles. The summed E-state index contributed by atoms with van der Waals surface area (Å²) in [6.07, 6.45) is 0. The molecule has 0 aliphatic heterocycles. The van der Waals surface area contributed by atoms with Crippen molar-refractivity contribution in [1.82, 2.24) is 25.2 Å². The van der Waals surface area contributed by atoms with Gasteiger partial charge < -0.3 is 0 Å². The van der Waals surface area contributed by atoms with Crippen molar-refractivity contribution in [2.45, 2.75) is 21.3 Å². The number of tetrazole rings is 1. The maximum Gasteiger partial charge on any atom is 0.270 e. The molecule has 0 bridgehead atoms. The number of fused-ring (bicyclic) bond motifs is 1. The van der Waals surface area contributed by atoms with Gasteiger partial charge in [-0.2, -0.15) is 4.68 Å². The first-order chi connectivity index (χ1) is 12.5. The highest BCUT2D eigenvalue weighted by Crippen LogP contribution is 2.35. The topological polar surface area (TPSA) is 99.6 Å². The molecule has 0 atom stereocenters. The van der Waals surface area contributed by atoms with E-state index in [0.29, 0.717) is 15.0 Å². The summed E-state index contributed by atoms with van der Waals surface area (Å²) in [5, 5.41) is 23.3. The lowest BCUT2D eigenvalue weighted by atomic mass is 10.2. The largest absolute Gasteiger partial charge is 0.270 e. The van der Waals surface area contributed by atoms with E-state index >= 15 is 0 Å². The van der Waals surface area contributed by atoms with Gasteiger partial charge in [0.1, 0.15) is 0 Å². The molecule has 0 aliphatic rings. The van der Waals surface area contributed by atoms with Crippen LogP contribution in [0.3, 0.4) is 0 Å². The number of thiol groups is 1. The third-order valence-corrected chi connectivity index (χ3v) is 5.92. The Balaban J connectivity index is 1.69. The highest BCUT2D eigenvalue weighted by Gasteiger charge is 2.16. The summed E-state index contributed by atoms with van der Waals surface area (Å²) in [6, 6.07) is 10.4. The normalized spacial score (nSPS) is 11.2. The average Bonchev–Trinajstić information content (AvgIpc) is 3.20. The Morgan fingerprint density at radius 2 is 2.12 bits per heavy atom. The van der Waals surface area contributed by atoms with Gasteiger partial charge in [-0.1, -0.05) is 6.07 Å². The van der Waals surface area contributed by atoms with Crippen LogP contribution in [-0.4, -0.2) is 30.1 Å². The van der Waals surface area contributed by atoms with E-state index in [1.54, 1.807) is 10.7 Å². The van der Waals surface area contributed by atoms with Gasteiger partial charge in [0.15, 0.2) is 4.34 Å². The molecule has 4 aromatic rings. The van der Waals surface area contributed by atoms with Crippen LogP contribution in [-0.2, 0) is 0 Å². The summed E-state index contributed by atoms with van der Waals surface area (Å²) in [7, 11) is 0. The van der Waals surface area contributed by atoms with Crippen LogP contribution >= 0.6 is 35.7 Å². The molecule has 0 aliphatic carbocycles. The molecule has 4 rings (SSSR count). The minimum atomic E-state index is -0.419. The number of nitrogens with zero attached hydrogens (tertiary/aromatic N) is 6. The number of aromatic nitrogens is 5. The third kappa shape index (κ3) is 3.16. The molecular formula is C15H10N6O2S3. The van der Waals surface area contributed by atoms with Crippen molar-refractivity contribution in [1.29, 1.82) is 0 Å². The number of thiazole rings is 1. The predicted molar refractivity (Wildman–Crippen MR) is 102 cm³/mol. The van der Waals surface area contributed by atoms with E-state index in [1.165, 1.54) is 35.2 Å². The summed E-state index contributed by atoms with van der Waals surface area (Å²) in [5.74, 6) is 0. The van der Waals surface area contributed by atoms with Gasteiger partial charge in [-0.15, -0.1) is 29.1 Å². The first-order valence-corrected chi connectivity index (χ1v) is 9.40. The molecule has 0 N–H and O–H groups in total. The van der Waals surface area contributed by atoms with Gasteiger partial charge >= 0.3 is 0 Å². The van der Waals surface area contributed by atoms with E-state index in [1.807, 2.05) is 25.1 Å². The lowest BCUT2D eigenvalue weighted by molar-refractivity contribution is -0.384. The van der Waals surface area contributed by atoms with Gasteiger partial charge in [-0.05, 0) is 52.9 Å². The summed E-state index contributed by atoms with van der Waals surface area (Å²) in [5.41, 5.74) is 2.60. The summed E-state index contributed by atoms with van der Waals surface area (Å²) < 4.78 is 3.04. The van der Waals surface area contributed by atoms with Gasteiger partial charge in [0.2, 0.25) is 5.16 Å². The van der Waals surface area contributed by atoms with Crippen LogP contribution in [0, 0.1) is 17.0 Å². The molecule has 11 heteroatoms. The Kier molecular flexibility index (Phi) is 4.34. The van der Waals surface area contributed by atoms with Gasteiger partial charge in [0, 0.05) is 17.0 Å². The van der Waals surface area contributed by atoms with Crippen molar-refractivity contribution >= 4 is 51.6 Å². The second kappa shape index (κ2) is 6.67. The summed E-state index contributed by atoms with van der Waals surface area (Å²) >= 11 is 7.15. The zero-order valence-corrected chi connectivity index (χ0v) is 15.8. The van der Waals surface area contributed by atoms with E-state index in [-0.39, 0.29) is 5.69 Å². The second-order valence-corrected chi connectivity index (χ2v) is 8.08. The van der Waals surface area contributed by atoms with Crippen molar-refractivity contribution < 1.29 is 4.92 Å². The quantitative estimate of drug-likeness (QED) is 0.314. The van der Waals surface area contributed by atoms with Crippen molar-refractivity contribution in [2.75, 3.05) is 0 Å². The minimum Gasteiger partial charge on any atom is -0.258 e. The number of non-ortho nitro benzene ring substituents is 1. The fourth-order valence-corrected chi connectivity index (χ4v) is 4.70. The number of nitro groups is 1. The average molecular weight is 402 g/mol. The molecule has 130 valence electrons. The first kappa shape index (κ1) is 16.9. The van der Waals surface area contributed by atoms with E-state index in [4.69, 9.17) is 0 Å². The van der Waals surface area contributed by atoms with Gasteiger partial charge in [-0.3, -0.25) is 10.1 Å². The Morgan fingerprint density at radius 1 is 1.27 bits per heavy atom. The summed E-state index contributed by atoms with van der Waals surface area (Å²) in [4.78, 5) is 15.7. The number of nitro benzene ring substituents is 1.